The molecule has 0 aliphatic carbocycles. The molecule has 1 fully saturated rings. The normalized spacial score (nSPS) is 17.8. The molecule has 0 spiro atoms. The van der Waals surface area contributed by atoms with Crippen molar-refractivity contribution in [2.75, 3.05) is 26.8 Å². The van der Waals surface area contributed by atoms with Crippen molar-refractivity contribution < 1.29 is 9.53 Å². The number of hydrogen-bond acceptors (Lipinski definition) is 5. The van der Waals surface area contributed by atoms with Gasteiger partial charge in [0, 0.05) is 30.9 Å². The van der Waals surface area contributed by atoms with Crippen LogP contribution in [0.2, 0.25) is 0 Å². The minimum absolute atomic E-state index is 0. The number of aromatic nitrogens is 1. The van der Waals surface area contributed by atoms with E-state index in [4.69, 9.17) is 4.74 Å². The Morgan fingerprint density at radius 3 is 2.90 bits per heavy atom. The van der Waals surface area contributed by atoms with Gasteiger partial charge in [0.1, 0.15) is 0 Å². The molecular weight excluding hydrogens is 321 g/mol. The number of halogens is 2. The smallest absolute Gasteiger partial charge is 0.224 e. The fraction of sp³-hybridized carbons (Fsp3) is 0.667. The molecule has 1 N–H and O–H groups in total. The van der Waals surface area contributed by atoms with Crippen molar-refractivity contribution in [1.29, 1.82) is 0 Å². The number of rotatable bonds is 4. The maximum Gasteiger partial charge on any atom is 0.224 e. The summed E-state index contributed by atoms with van der Waals surface area (Å²) in [6.07, 6.45) is 0.494. The lowest BCUT2D eigenvalue weighted by Gasteiger charge is -2.25. The first-order valence-electron chi connectivity index (χ1n) is 6.11. The molecule has 1 atom stereocenters. The molecule has 0 radical (unpaired) electrons. The number of carbonyl (C=O) groups is 1. The lowest BCUT2D eigenvalue weighted by atomic mass is 10.2. The first-order chi connectivity index (χ1) is 8.66. The monoisotopic (exact) mass is 341 g/mol. The van der Waals surface area contributed by atoms with Crippen LogP contribution in [-0.2, 0) is 16.1 Å². The van der Waals surface area contributed by atoms with Gasteiger partial charge in [-0.2, -0.15) is 0 Å². The summed E-state index contributed by atoms with van der Waals surface area (Å²) in [5.41, 5.74) is 2.83. The number of ether oxygens (including phenoxy) is 1. The summed E-state index contributed by atoms with van der Waals surface area (Å²) in [6, 6.07) is 0.149. The van der Waals surface area contributed by atoms with Crippen molar-refractivity contribution in [2.45, 2.75) is 25.9 Å². The second kappa shape index (κ2) is 9.52. The second-order valence-corrected chi connectivity index (χ2v) is 5.48. The number of nitrogens with one attached hydrogen (secondary N) is 1. The van der Waals surface area contributed by atoms with Crippen LogP contribution in [0.1, 0.15) is 17.0 Å². The summed E-state index contributed by atoms with van der Waals surface area (Å²) in [7, 11) is 1.84. The molecule has 0 saturated carbocycles. The van der Waals surface area contributed by atoms with Crippen LogP contribution in [0.25, 0.3) is 0 Å². The van der Waals surface area contributed by atoms with Crippen molar-refractivity contribution in [2.24, 2.45) is 0 Å². The number of morpholine rings is 1. The molecular formula is C12H21Cl2N3O2S. The van der Waals surface area contributed by atoms with E-state index in [2.05, 4.69) is 10.3 Å². The van der Waals surface area contributed by atoms with Crippen LogP contribution in [0.15, 0.2) is 5.51 Å². The number of carbonyl (C=O) groups excluding carboxylic acids is 1. The molecule has 8 heteroatoms. The summed E-state index contributed by atoms with van der Waals surface area (Å²) in [5, 5.41) is 3.29. The van der Waals surface area contributed by atoms with E-state index in [-0.39, 0.29) is 36.8 Å². The number of nitrogens with zero attached hydrogens (tertiary/aromatic N) is 2. The third-order valence-electron chi connectivity index (χ3n) is 3.07. The molecule has 1 unspecified atom stereocenters. The zero-order valence-electron chi connectivity index (χ0n) is 11.6. The van der Waals surface area contributed by atoms with Crippen LogP contribution in [0.5, 0.6) is 0 Å². The average molecular weight is 342 g/mol. The maximum atomic E-state index is 12.1. The SMILES string of the molecule is Cc1ncsc1CN(C)C(=O)CC1COCCN1.Cl.Cl. The van der Waals surface area contributed by atoms with Gasteiger partial charge in [-0.05, 0) is 6.92 Å². The van der Waals surface area contributed by atoms with E-state index in [1.165, 1.54) is 0 Å². The Kier molecular flexibility index (Phi) is 9.33. The zero-order chi connectivity index (χ0) is 13.0. The van der Waals surface area contributed by atoms with Crippen molar-refractivity contribution >= 4 is 42.1 Å². The molecule has 2 rings (SSSR count). The largest absolute Gasteiger partial charge is 0.378 e. The average Bonchev–Trinajstić information content (AvgIpc) is 2.76. The Morgan fingerprint density at radius 2 is 2.35 bits per heavy atom. The summed E-state index contributed by atoms with van der Waals surface area (Å²) in [6.45, 7) is 4.80. The van der Waals surface area contributed by atoms with Crippen LogP contribution < -0.4 is 5.32 Å². The summed E-state index contributed by atoms with van der Waals surface area (Å²) < 4.78 is 5.35. The molecule has 5 nitrogen and oxygen atoms in total. The molecule has 116 valence electrons. The van der Waals surface area contributed by atoms with Crippen LogP contribution in [0.3, 0.4) is 0 Å². The fourth-order valence-electron chi connectivity index (χ4n) is 1.90. The summed E-state index contributed by atoms with van der Waals surface area (Å²) in [5.74, 6) is 0.144. The van der Waals surface area contributed by atoms with E-state index in [1.54, 1.807) is 16.2 Å². The number of thiazole rings is 1. The third kappa shape index (κ3) is 5.54. The highest BCUT2D eigenvalue weighted by molar-refractivity contribution is 7.09. The Morgan fingerprint density at radius 1 is 1.60 bits per heavy atom. The van der Waals surface area contributed by atoms with E-state index in [9.17, 15) is 4.79 Å². The highest BCUT2D eigenvalue weighted by Crippen LogP contribution is 2.15. The Balaban J connectivity index is 0.00000180. The minimum Gasteiger partial charge on any atom is -0.378 e. The van der Waals surface area contributed by atoms with Gasteiger partial charge in [-0.1, -0.05) is 0 Å². The van der Waals surface area contributed by atoms with E-state index < -0.39 is 0 Å². The summed E-state index contributed by atoms with van der Waals surface area (Å²) in [4.78, 5) is 19.2. The Bertz CT molecular complexity index is 411. The molecule has 1 aliphatic rings. The van der Waals surface area contributed by atoms with E-state index in [0.717, 1.165) is 23.7 Å². The zero-order valence-corrected chi connectivity index (χ0v) is 14.1. The van der Waals surface area contributed by atoms with Gasteiger partial charge in [-0.3, -0.25) is 4.79 Å². The molecule has 0 bridgehead atoms. The molecule has 1 aliphatic heterocycles. The maximum absolute atomic E-state index is 12.1. The van der Waals surface area contributed by atoms with Gasteiger partial charge in [0.15, 0.2) is 0 Å². The van der Waals surface area contributed by atoms with Crippen molar-refractivity contribution in [1.82, 2.24) is 15.2 Å². The van der Waals surface area contributed by atoms with Gasteiger partial charge in [0.2, 0.25) is 5.91 Å². The highest BCUT2D eigenvalue weighted by Gasteiger charge is 2.19. The topological polar surface area (TPSA) is 54.5 Å². The van der Waals surface area contributed by atoms with Crippen LogP contribution in [0.4, 0.5) is 0 Å². The predicted molar refractivity (Wildman–Crippen MR) is 85.0 cm³/mol. The molecule has 2 heterocycles. The molecule has 1 saturated heterocycles. The number of amides is 1. The van der Waals surface area contributed by atoms with Crippen molar-refractivity contribution in [3.05, 3.63) is 16.1 Å². The fourth-order valence-corrected chi connectivity index (χ4v) is 2.73. The van der Waals surface area contributed by atoms with Gasteiger partial charge in [-0.25, -0.2) is 4.98 Å². The minimum atomic E-state index is 0. The van der Waals surface area contributed by atoms with Crippen molar-refractivity contribution in [3.8, 4) is 0 Å². The predicted octanol–water partition coefficient (Wildman–Crippen LogP) is 1.63. The van der Waals surface area contributed by atoms with E-state index in [1.807, 2.05) is 19.5 Å². The van der Waals surface area contributed by atoms with E-state index >= 15 is 0 Å². The lowest BCUT2D eigenvalue weighted by molar-refractivity contribution is -0.131. The Labute approximate surface area is 135 Å². The molecule has 0 aromatic carbocycles. The van der Waals surface area contributed by atoms with Gasteiger partial charge in [-0.15, -0.1) is 36.2 Å². The van der Waals surface area contributed by atoms with Crippen molar-refractivity contribution in [3.63, 3.8) is 0 Å². The first kappa shape index (κ1) is 19.6. The van der Waals surface area contributed by atoms with Gasteiger partial charge in [0.05, 0.1) is 31.0 Å². The lowest BCUT2D eigenvalue weighted by Crippen LogP contribution is -2.44. The molecule has 1 aromatic rings. The molecule has 1 amide bonds. The van der Waals surface area contributed by atoms with E-state index in [0.29, 0.717) is 19.6 Å². The van der Waals surface area contributed by atoms with Gasteiger partial charge in [0.25, 0.3) is 0 Å². The Hall–Kier alpha value is -0.400. The molecule has 20 heavy (non-hydrogen) atoms. The number of hydrogen-bond donors (Lipinski definition) is 1. The van der Waals surface area contributed by atoms with Crippen LogP contribution in [0, 0.1) is 6.92 Å². The summed E-state index contributed by atoms with van der Waals surface area (Å²) >= 11 is 1.60. The van der Waals surface area contributed by atoms with Crippen LogP contribution >= 0.6 is 36.2 Å². The van der Waals surface area contributed by atoms with Crippen LogP contribution in [-0.4, -0.2) is 48.6 Å². The number of aryl methyl sites for hydroxylation is 1. The third-order valence-corrected chi connectivity index (χ3v) is 3.99. The standard InChI is InChI=1S/C12H19N3O2S.2ClH/c1-9-11(18-8-14-9)6-15(2)12(16)5-10-7-17-4-3-13-10;;/h8,10,13H,3-7H2,1-2H3;2*1H. The van der Waals surface area contributed by atoms with Gasteiger partial charge < -0.3 is 15.0 Å². The molecule has 1 aromatic heterocycles. The first-order valence-corrected chi connectivity index (χ1v) is 6.99. The second-order valence-electron chi connectivity index (χ2n) is 4.54. The quantitative estimate of drug-likeness (QED) is 0.904. The van der Waals surface area contributed by atoms with Gasteiger partial charge >= 0.3 is 0 Å². The highest BCUT2D eigenvalue weighted by atomic mass is 35.5.